The van der Waals surface area contributed by atoms with Gasteiger partial charge in [-0.15, -0.1) is 0 Å². The van der Waals surface area contributed by atoms with Crippen molar-refractivity contribution in [2.45, 2.75) is 0 Å². The van der Waals surface area contributed by atoms with E-state index in [4.69, 9.17) is 9.15 Å². The molecule has 18 heavy (non-hydrogen) atoms. The van der Waals surface area contributed by atoms with Gasteiger partial charge in [0, 0.05) is 4.47 Å². The van der Waals surface area contributed by atoms with Crippen molar-refractivity contribution in [3.8, 4) is 5.75 Å². The van der Waals surface area contributed by atoms with E-state index in [1.165, 1.54) is 0 Å². The number of fused-ring (bicyclic) bond motifs is 2. The van der Waals surface area contributed by atoms with Gasteiger partial charge in [0.05, 0.1) is 17.9 Å². The molecule has 0 radical (unpaired) electrons. The monoisotopic (exact) mass is 304 g/mol. The minimum atomic E-state index is -0.0578. The van der Waals surface area contributed by atoms with E-state index in [0.717, 1.165) is 0 Å². The molecular weight excluding hydrogens is 296 g/mol. The highest BCUT2D eigenvalue weighted by Gasteiger charge is 2.13. The number of halogens is 1. The van der Waals surface area contributed by atoms with E-state index in [-0.39, 0.29) is 5.43 Å². The van der Waals surface area contributed by atoms with Gasteiger partial charge in [-0.3, -0.25) is 4.79 Å². The van der Waals surface area contributed by atoms with Crippen molar-refractivity contribution in [1.82, 2.24) is 0 Å². The van der Waals surface area contributed by atoms with Gasteiger partial charge in [0.15, 0.2) is 11.3 Å². The predicted octanol–water partition coefficient (Wildman–Crippen LogP) is 3.72. The Morgan fingerprint density at radius 3 is 2.72 bits per heavy atom. The van der Waals surface area contributed by atoms with Crippen molar-refractivity contribution >= 4 is 37.9 Å². The zero-order valence-corrected chi connectivity index (χ0v) is 11.2. The summed E-state index contributed by atoms with van der Waals surface area (Å²) in [5.74, 6) is 0.552. The molecule has 0 aliphatic rings. The van der Waals surface area contributed by atoms with Crippen LogP contribution >= 0.6 is 15.9 Å². The van der Waals surface area contributed by atoms with Crippen LogP contribution in [0.25, 0.3) is 21.9 Å². The van der Waals surface area contributed by atoms with Crippen LogP contribution in [0.3, 0.4) is 0 Å². The Morgan fingerprint density at radius 1 is 1.17 bits per heavy atom. The second-order valence-electron chi connectivity index (χ2n) is 3.88. The van der Waals surface area contributed by atoms with E-state index in [1.54, 1.807) is 31.4 Å². The molecule has 0 aliphatic carbocycles. The maximum Gasteiger partial charge on any atom is 0.201 e. The molecule has 0 saturated heterocycles. The predicted molar refractivity (Wildman–Crippen MR) is 74.2 cm³/mol. The molecule has 0 amide bonds. The molecule has 0 saturated carbocycles. The van der Waals surface area contributed by atoms with E-state index in [9.17, 15) is 4.79 Å². The fourth-order valence-electron chi connectivity index (χ4n) is 2.00. The largest absolute Gasteiger partial charge is 0.493 e. The first-order valence-electron chi connectivity index (χ1n) is 5.40. The van der Waals surface area contributed by atoms with Crippen LogP contribution in [-0.2, 0) is 0 Å². The molecule has 3 aromatic rings. The van der Waals surface area contributed by atoms with Crippen LogP contribution in [0.2, 0.25) is 0 Å². The summed E-state index contributed by atoms with van der Waals surface area (Å²) in [6, 6.07) is 10.7. The number of ether oxygens (including phenoxy) is 1. The minimum Gasteiger partial charge on any atom is -0.493 e. The lowest BCUT2D eigenvalue weighted by molar-refractivity contribution is 0.411. The Morgan fingerprint density at radius 2 is 1.94 bits per heavy atom. The summed E-state index contributed by atoms with van der Waals surface area (Å²) in [6.45, 7) is 0. The highest BCUT2D eigenvalue weighted by atomic mass is 79.9. The average molecular weight is 305 g/mol. The summed E-state index contributed by atoms with van der Waals surface area (Å²) in [4.78, 5) is 12.4. The molecule has 0 bridgehead atoms. The maximum atomic E-state index is 12.4. The molecule has 0 N–H and O–H groups in total. The van der Waals surface area contributed by atoms with Crippen molar-refractivity contribution in [2.75, 3.05) is 7.11 Å². The number of hydrogen-bond donors (Lipinski definition) is 0. The summed E-state index contributed by atoms with van der Waals surface area (Å²) < 4.78 is 11.7. The Balaban J connectivity index is 2.63. The van der Waals surface area contributed by atoms with Gasteiger partial charge in [0.2, 0.25) is 5.43 Å². The van der Waals surface area contributed by atoms with Crippen LogP contribution in [-0.4, -0.2) is 7.11 Å². The third-order valence-electron chi connectivity index (χ3n) is 2.86. The van der Waals surface area contributed by atoms with Crippen molar-refractivity contribution in [1.29, 1.82) is 0 Å². The summed E-state index contributed by atoms with van der Waals surface area (Å²) in [5, 5.41) is 1.08. The first kappa shape index (κ1) is 11.3. The molecular formula is C14H9BrO3. The molecule has 90 valence electrons. The second kappa shape index (κ2) is 4.14. The van der Waals surface area contributed by atoms with Gasteiger partial charge < -0.3 is 9.15 Å². The maximum absolute atomic E-state index is 12.4. The van der Waals surface area contributed by atoms with Crippen molar-refractivity contribution in [3.63, 3.8) is 0 Å². The van der Waals surface area contributed by atoms with Crippen LogP contribution in [0.5, 0.6) is 5.75 Å². The van der Waals surface area contributed by atoms with Gasteiger partial charge in [-0.05, 0) is 40.2 Å². The zero-order valence-electron chi connectivity index (χ0n) is 9.57. The molecule has 0 atom stereocenters. The van der Waals surface area contributed by atoms with E-state index in [1.807, 2.05) is 12.1 Å². The molecule has 2 aromatic carbocycles. The number of hydrogen-bond acceptors (Lipinski definition) is 3. The van der Waals surface area contributed by atoms with Gasteiger partial charge in [0.1, 0.15) is 5.58 Å². The molecule has 0 unspecified atom stereocenters. The first-order chi connectivity index (χ1) is 8.72. The van der Waals surface area contributed by atoms with Crippen molar-refractivity contribution < 1.29 is 9.15 Å². The standard InChI is InChI=1S/C14H9BrO3/c1-17-11-7-6-9(15)12-13(16)8-4-2-3-5-10(8)18-14(11)12/h2-7H,1H3. The number of methoxy groups -OCH3 is 1. The van der Waals surface area contributed by atoms with Crippen LogP contribution < -0.4 is 10.2 Å². The smallest absolute Gasteiger partial charge is 0.201 e. The van der Waals surface area contributed by atoms with E-state index in [2.05, 4.69) is 15.9 Å². The lowest BCUT2D eigenvalue weighted by Gasteiger charge is -2.07. The third-order valence-corrected chi connectivity index (χ3v) is 3.52. The molecule has 0 fully saturated rings. The van der Waals surface area contributed by atoms with E-state index < -0.39 is 0 Å². The number of benzene rings is 2. The van der Waals surface area contributed by atoms with E-state index >= 15 is 0 Å². The fraction of sp³-hybridized carbons (Fsp3) is 0.0714. The molecule has 0 spiro atoms. The molecule has 4 heteroatoms. The summed E-state index contributed by atoms with van der Waals surface area (Å²) in [5.41, 5.74) is 0.972. The number of rotatable bonds is 1. The van der Waals surface area contributed by atoms with Gasteiger partial charge in [-0.25, -0.2) is 0 Å². The van der Waals surface area contributed by atoms with Gasteiger partial charge in [-0.2, -0.15) is 0 Å². The highest BCUT2D eigenvalue weighted by molar-refractivity contribution is 9.10. The van der Waals surface area contributed by atoms with Gasteiger partial charge in [0.25, 0.3) is 0 Å². The quantitative estimate of drug-likeness (QED) is 0.643. The average Bonchev–Trinajstić information content (AvgIpc) is 2.39. The molecule has 0 aliphatic heterocycles. The lowest BCUT2D eigenvalue weighted by Crippen LogP contribution is -2.03. The second-order valence-corrected chi connectivity index (χ2v) is 4.74. The zero-order chi connectivity index (χ0) is 12.7. The summed E-state index contributed by atoms with van der Waals surface area (Å²) in [6.07, 6.45) is 0. The van der Waals surface area contributed by atoms with Crippen molar-refractivity contribution in [2.24, 2.45) is 0 Å². The van der Waals surface area contributed by atoms with Crippen LogP contribution in [0.4, 0.5) is 0 Å². The Kier molecular flexibility index (Phi) is 2.59. The summed E-state index contributed by atoms with van der Waals surface area (Å²) >= 11 is 3.38. The van der Waals surface area contributed by atoms with E-state index in [0.29, 0.717) is 32.2 Å². The molecule has 1 heterocycles. The molecule has 1 aromatic heterocycles. The van der Waals surface area contributed by atoms with Crippen LogP contribution in [0.1, 0.15) is 0 Å². The van der Waals surface area contributed by atoms with Crippen LogP contribution in [0, 0.1) is 0 Å². The number of para-hydroxylation sites is 1. The first-order valence-corrected chi connectivity index (χ1v) is 6.19. The highest BCUT2D eigenvalue weighted by Crippen LogP contribution is 2.31. The Hall–Kier alpha value is -1.81. The Labute approximate surface area is 111 Å². The normalized spacial score (nSPS) is 11.0. The Bertz CT molecular complexity index is 805. The fourth-order valence-corrected chi connectivity index (χ4v) is 2.49. The van der Waals surface area contributed by atoms with Crippen LogP contribution in [0.15, 0.2) is 50.1 Å². The topological polar surface area (TPSA) is 39.4 Å². The summed E-state index contributed by atoms with van der Waals surface area (Å²) in [7, 11) is 1.55. The SMILES string of the molecule is COc1ccc(Br)c2c(=O)c3ccccc3oc12. The van der Waals surface area contributed by atoms with Crippen molar-refractivity contribution in [3.05, 3.63) is 51.1 Å². The molecule has 3 rings (SSSR count). The lowest BCUT2D eigenvalue weighted by atomic mass is 10.1. The van der Waals surface area contributed by atoms with Gasteiger partial charge in [-0.1, -0.05) is 12.1 Å². The van der Waals surface area contributed by atoms with Gasteiger partial charge >= 0.3 is 0 Å². The molecule has 3 nitrogen and oxygen atoms in total. The minimum absolute atomic E-state index is 0.0578. The third kappa shape index (κ3) is 1.53.